The first-order chi connectivity index (χ1) is 17.0. The molecule has 2 aromatic carbocycles. The number of ether oxygens (including phenoxy) is 1. The van der Waals surface area contributed by atoms with Gasteiger partial charge in [0.25, 0.3) is 11.5 Å². The monoisotopic (exact) mass is 475 g/mol. The molecule has 2 atom stereocenters. The second-order valence-corrected chi connectivity index (χ2v) is 9.07. The Kier molecular flexibility index (Phi) is 7.54. The number of aryl methyl sites for hydroxylation is 1. The summed E-state index contributed by atoms with van der Waals surface area (Å²) in [6.07, 6.45) is 3.05. The zero-order valence-electron chi connectivity index (χ0n) is 20.6. The average Bonchev–Trinajstić information content (AvgIpc) is 3.38. The van der Waals surface area contributed by atoms with E-state index in [1.165, 1.54) is 5.56 Å². The Morgan fingerprint density at radius 1 is 1.17 bits per heavy atom. The second-order valence-electron chi connectivity index (χ2n) is 9.07. The number of methoxy groups -OCH3 is 1. The third kappa shape index (κ3) is 4.94. The van der Waals surface area contributed by atoms with Crippen molar-refractivity contribution in [2.75, 3.05) is 20.2 Å². The summed E-state index contributed by atoms with van der Waals surface area (Å²) in [7, 11) is 1.60. The smallest absolute Gasteiger partial charge is 0.289 e. The highest BCUT2D eigenvalue weighted by Gasteiger charge is 2.33. The van der Waals surface area contributed by atoms with Crippen LogP contribution in [0.2, 0.25) is 0 Å². The molecule has 3 aromatic rings. The predicted molar refractivity (Wildman–Crippen MR) is 135 cm³/mol. The number of unbranched alkanes of at least 4 members (excludes halogenated alkanes) is 1. The van der Waals surface area contributed by atoms with Gasteiger partial charge in [0.1, 0.15) is 11.6 Å². The minimum Gasteiger partial charge on any atom is -0.496 e. The number of likely N-dealkylation sites (tertiary alicyclic amines) is 1. The Hall–Kier alpha value is -3.61. The zero-order chi connectivity index (χ0) is 24.9. The molecule has 0 bridgehead atoms. The molecule has 1 aliphatic heterocycles. The van der Waals surface area contributed by atoms with Crippen LogP contribution in [0.3, 0.4) is 0 Å². The molecule has 184 valence electrons. The fraction of sp³-hybridized carbons (Fsp3) is 0.393. The summed E-state index contributed by atoms with van der Waals surface area (Å²) >= 11 is 0. The number of hydrogen-bond acceptors (Lipinski definition) is 5. The maximum atomic E-state index is 13.5. The van der Waals surface area contributed by atoms with E-state index in [0.29, 0.717) is 31.1 Å². The number of aromatic hydroxyl groups is 1. The van der Waals surface area contributed by atoms with Gasteiger partial charge in [0.2, 0.25) is 5.88 Å². The van der Waals surface area contributed by atoms with Gasteiger partial charge in [-0.2, -0.15) is 4.98 Å². The molecule has 0 spiro atoms. The molecule has 7 nitrogen and oxygen atoms in total. The number of para-hydroxylation sites is 1. The van der Waals surface area contributed by atoms with Gasteiger partial charge < -0.3 is 14.7 Å². The van der Waals surface area contributed by atoms with Crippen molar-refractivity contribution < 1.29 is 14.6 Å². The minimum atomic E-state index is -0.676. The molecular formula is C28H33N3O4. The van der Waals surface area contributed by atoms with E-state index in [2.05, 4.69) is 24.0 Å². The maximum Gasteiger partial charge on any atom is 0.289 e. The van der Waals surface area contributed by atoms with Crippen molar-refractivity contribution in [3.05, 3.63) is 87.5 Å². The van der Waals surface area contributed by atoms with E-state index in [1.54, 1.807) is 16.6 Å². The van der Waals surface area contributed by atoms with Gasteiger partial charge in [-0.25, -0.2) is 0 Å². The van der Waals surface area contributed by atoms with E-state index in [4.69, 9.17) is 4.74 Å². The van der Waals surface area contributed by atoms with Crippen molar-refractivity contribution >= 4 is 5.91 Å². The predicted octanol–water partition coefficient (Wildman–Crippen LogP) is 4.54. The topological polar surface area (TPSA) is 84.7 Å². The van der Waals surface area contributed by atoms with Crippen molar-refractivity contribution in [2.45, 2.75) is 51.5 Å². The number of benzene rings is 2. The van der Waals surface area contributed by atoms with Gasteiger partial charge in [-0.15, -0.1) is 0 Å². The lowest BCUT2D eigenvalue weighted by molar-refractivity contribution is 0.0783. The van der Waals surface area contributed by atoms with Gasteiger partial charge in [0, 0.05) is 31.0 Å². The molecule has 1 N–H and O–H groups in total. The minimum absolute atomic E-state index is 0.203. The molecule has 1 fully saturated rings. The molecule has 7 heteroatoms. The molecule has 1 amide bonds. The fourth-order valence-corrected chi connectivity index (χ4v) is 4.92. The van der Waals surface area contributed by atoms with Crippen molar-refractivity contribution in [1.29, 1.82) is 0 Å². The Morgan fingerprint density at radius 3 is 2.60 bits per heavy atom. The zero-order valence-corrected chi connectivity index (χ0v) is 20.6. The van der Waals surface area contributed by atoms with E-state index in [9.17, 15) is 14.7 Å². The van der Waals surface area contributed by atoms with Gasteiger partial charge in [-0.3, -0.25) is 14.2 Å². The normalized spacial score (nSPS) is 16.3. The lowest BCUT2D eigenvalue weighted by Gasteiger charge is -2.25. The standard InChI is InChI=1S/C28H33N3O4/c1-4-5-15-24-29-26(32)25(27(33)30-17-16-21(18-30)20-11-7-6-8-12-20)28(34)31(24)19(2)22-13-9-10-14-23(22)35-3/h6-14,19,21,34H,4-5,15-18H2,1-3H3/t19-,21-/m1/s1. The summed E-state index contributed by atoms with van der Waals surface area (Å²) in [6, 6.07) is 17.2. The lowest BCUT2D eigenvalue weighted by Crippen LogP contribution is -2.35. The van der Waals surface area contributed by atoms with Crippen molar-refractivity contribution in [1.82, 2.24) is 14.5 Å². The summed E-state index contributed by atoms with van der Waals surface area (Å²) in [5.74, 6) is 0.531. The molecule has 2 heterocycles. The van der Waals surface area contributed by atoms with Gasteiger partial charge in [0.15, 0.2) is 5.56 Å². The number of hydrogen-bond donors (Lipinski definition) is 1. The first-order valence-corrected chi connectivity index (χ1v) is 12.3. The van der Waals surface area contributed by atoms with Crippen molar-refractivity contribution in [3.8, 4) is 11.6 Å². The van der Waals surface area contributed by atoms with Crippen LogP contribution in [-0.2, 0) is 6.42 Å². The summed E-state index contributed by atoms with van der Waals surface area (Å²) in [5, 5.41) is 11.4. The lowest BCUT2D eigenvalue weighted by atomic mass is 9.99. The Morgan fingerprint density at radius 2 is 1.89 bits per heavy atom. The third-order valence-electron chi connectivity index (χ3n) is 6.86. The number of rotatable bonds is 8. The number of amides is 1. The van der Waals surface area contributed by atoms with Crippen LogP contribution in [0.15, 0.2) is 59.4 Å². The molecule has 0 radical (unpaired) electrons. The van der Waals surface area contributed by atoms with Crippen LogP contribution in [0.5, 0.6) is 11.6 Å². The van der Waals surface area contributed by atoms with E-state index >= 15 is 0 Å². The van der Waals surface area contributed by atoms with Crippen LogP contribution in [0.4, 0.5) is 0 Å². The summed E-state index contributed by atoms with van der Waals surface area (Å²) in [4.78, 5) is 32.5. The van der Waals surface area contributed by atoms with Gasteiger partial charge >= 0.3 is 0 Å². The number of aromatic nitrogens is 2. The van der Waals surface area contributed by atoms with Crippen LogP contribution in [-0.4, -0.2) is 45.7 Å². The van der Waals surface area contributed by atoms with Crippen molar-refractivity contribution in [2.24, 2.45) is 0 Å². The molecule has 35 heavy (non-hydrogen) atoms. The highest BCUT2D eigenvalue weighted by atomic mass is 16.5. The Labute approximate surface area is 206 Å². The van der Waals surface area contributed by atoms with Gasteiger partial charge in [-0.1, -0.05) is 61.9 Å². The molecule has 1 aromatic heterocycles. The van der Waals surface area contributed by atoms with E-state index in [-0.39, 0.29) is 17.4 Å². The van der Waals surface area contributed by atoms with E-state index in [0.717, 1.165) is 24.8 Å². The summed E-state index contributed by atoms with van der Waals surface area (Å²) in [5.41, 5.74) is 1.06. The molecule has 0 unspecified atom stereocenters. The third-order valence-corrected chi connectivity index (χ3v) is 6.86. The van der Waals surface area contributed by atoms with Crippen LogP contribution in [0, 0.1) is 0 Å². The first-order valence-electron chi connectivity index (χ1n) is 12.3. The van der Waals surface area contributed by atoms with Crippen LogP contribution in [0.25, 0.3) is 0 Å². The van der Waals surface area contributed by atoms with Gasteiger partial charge in [0.05, 0.1) is 13.2 Å². The molecule has 0 saturated carbocycles. The molecule has 4 rings (SSSR count). The highest BCUT2D eigenvalue weighted by Crippen LogP contribution is 2.33. The fourth-order valence-electron chi connectivity index (χ4n) is 4.92. The van der Waals surface area contributed by atoms with Crippen LogP contribution < -0.4 is 10.3 Å². The Bertz CT molecular complexity index is 1240. The summed E-state index contributed by atoms with van der Waals surface area (Å²) in [6.45, 7) is 4.99. The highest BCUT2D eigenvalue weighted by molar-refractivity contribution is 5.96. The number of carbonyl (C=O) groups excluding carboxylic acids is 1. The molecule has 1 aliphatic rings. The molecular weight excluding hydrogens is 442 g/mol. The first kappa shape index (κ1) is 24.5. The molecule has 0 aliphatic carbocycles. The Balaban J connectivity index is 1.73. The van der Waals surface area contributed by atoms with E-state index < -0.39 is 17.5 Å². The second kappa shape index (κ2) is 10.8. The number of carbonyl (C=O) groups is 1. The van der Waals surface area contributed by atoms with E-state index in [1.807, 2.05) is 49.4 Å². The maximum absolute atomic E-state index is 13.5. The van der Waals surface area contributed by atoms with Gasteiger partial charge in [-0.05, 0) is 31.4 Å². The quantitative estimate of drug-likeness (QED) is 0.517. The SMILES string of the molecule is CCCCc1nc(=O)c(C(=O)N2CC[C@@H](c3ccccc3)C2)c(O)n1[C@H](C)c1ccccc1OC. The summed E-state index contributed by atoms with van der Waals surface area (Å²) < 4.78 is 7.15. The molecule has 1 saturated heterocycles. The van der Waals surface area contributed by atoms with Crippen molar-refractivity contribution in [3.63, 3.8) is 0 Å². The average molecular weight is 476 g/mol. The van der Waals surface area contributed by atoms with Crippen LogP contribution in [0.1, 0.15) is 72.4 Å². The largest absolute Gasteiger partial charge is 0.496 e. The number of nitrogens with zero attached hydrogens (tertiary/aromatic N) is 3. The van der Waals surface area contributed by atoms with Crippen LogP contribution >= 0.6 is 0 Å².